The Hall–Kier alpha value is -1.07. The Morgan fingerprint density at radius 1 is 1.58 bits per heavy atom. The molecule has 0 bridgehead atoms. The Kier molecular flexibility index (Phi) is 5.22. The highest BCUT2D eigenvalue weighted by molar-refractivity contribution is 9.10. The van der Waals surface area contributed by atoms with Crippen molar-refractivity contribution in [2.45, 2.75) is 31.7 Å². The van der Waals surface area contributed by atoms with E-state index in [-0.39, 0.29) is 5.91 Å². The van der Waals surface area contributed by atoms with E-state index in [2.05, 4.69) is 26.6 Å². The molecule has 0 saturated carbocycles. The van der Waals surface area contributed by atoms with Crippen molar-refractivity contribution in [2.24, 2.45) is 0 Å². The number of rotatable bonds is 5. The van der Waals surface area contributed by atoms with E-state index in [9.17, 15) is 4.79 Å². The van der Waals surface area contributed by atoms with Gasteiger partial charge in [-0.2, -0.15) is 0 Å². The predicted molar refractivity (Wildman–Crippen MR) is 79.6 cm³/mol. The number of anilines is 1. The molecule has 1 amide bonds. The third kappa shape index (κ3) is 4.21. The van der Waals surface area contributed by atoms with Crippen LogP contribution >= 0.6 is 15.9 Å². The van der Waals surface area contributed by atoms with E-state index in [1.54, 1.807) is 7.11 Å². The lowest BCUT2D eigenvalue weighted by atomic mass is 10.1. The van der Waals surface area contributed by atoms with E-state index in [4.69, 9.17) is 4.74 Å². The molecule has 19 heavy (non-hydrogen) atoms. The summed E-state index contributed by atoms with van der Waals surface area (Å²) in [6, 6.07) is 6.03. The van der Waals surface area contributed by atoms with Crippen LogP contribution in [0.5, 0.6) is 5.75 Å². The van der Waals surface area contributed by atoms with Crippen LogP contribution in [0.3, 0.4) is 0 Å². The third-order valence-electron chi connectivity index (χ3n) is 3.32. The number of ether oxygens (including phenoxy) is 1. The Bertz CT molecular complexity index is 445. The van der Waals surface area contributed by atoms with E-state index in [0.717, 1.165) is 28.9 Å². The average molecular weight is 327 g/mol. The number of nitrogens with one attached hydrogen (secondary N) is 2. The molecule has 1 aliphatic rings. The van der Waals surface area contributed by atoms with Gasteiger partial charge in [0, 0.05) is 18.2 Å². The van der Waals surface area contributed by atoms with Gasteiger partial charge >= 0.3 is 0 Å². The summed E-state index contributed by atoms with van der Waals surface area (Å²) >= 11 is 3.40. The van der Waals surface area contributed by atoms with Crippen LogP contribution in [-0.4, -0.2) is 25.6 Å². The van der Waals surface area contributed by atoms with Crippen molar-refractivity contribution in [2.75, 3.05) is 19.0 Å². The van der Waals surface area contributed by atoms with Crippen LogP contribution in [0.2, 0.25) is 0 Å². The molecule has 2 rings (SSSR count). The Morgan fingerprint density at radius 3 is 3.05 bits per heavy atom. The maximum Gasteiger partial charge on any atom is 0.224 e. The molecular weight excluding hydrogens is 308 g/mol. The van der Waals surface area contributed by atoms with Crippen LogP contribution in [0, 0.1) is 0 Å². The molecule has 4 nitrogen and oxygen atoms in total. The second-order valence-corrected chi connectivity index (χ2v) is 5.58. The summed E-state index contributed by atoms with van der Waals surface area (Å²) in [5, 5.41) is 6.30. The summed E-state index contributed by atoms with van der Waals surface area (Å²) in [6.45, 7) is 1.08. The first-order valence-corrected chi connectivity index (χ1v) is 7.35. The van der Waals surface area contributed by atoms with Crippen LogP contribution in [-0.2, 0) is 4.79 Å². The molecule has 1 unspecified atom stereocenters. The smallest absolute Gasteiger partial charge is 0.224 e. The van der Waals surface area contributed by atoms with Crippen molar-refractivity contribution in [1.82, 2.24) is 5.32 Å². The molecule has 1 heterocycles. The number of methoxy groups -OCH3 is 1. The molecule has 0 radical (unpaired) electrons. The first kappa shape index (κ1) is 14.3. The number of carbonyl (C=O) groups excluding carboxylic acids is 1. The van der Waals surface area contributed by atoms with Gasteiger partial charge in [-0.25, -0.2) is 0 Å². The maximum atomic E-state index is 11.8. The van der Waals surface area contributed by atoms with Crippen molar-refractivity contribution in [3.63, 3.8) is 0 Å². The molecule has 2 N–H and O–H groups in total. The van der Waals surface area contributed by atoms with Gasteiger partial charge in [0.05, 0.1) is 11.6 Å². The minimum atomic E-state index is 0.0609. The molecule has 1 atom stereocenters. The summed E-state index contributed by atoms with van der Waals surface area (Å²) in [4.78, 5) is 11.8. The van der Waals surface area contributed by atoms with Crippen molar-refractivity contribution in [3.05, 3.63) is 22.7 Å². The molecule has 1 fully saturated rings. The molecule has 1 aromatic carbocycles. The first-order chi connectivity index (χ1) is 9.19. The van der Waals surface area contributed by atoms with Crippen molar-refractivity contribution in [3.8, 4) is 5.75 Å². The molecule has 5 heteroatoms. The minimum Gasteiger partial charge on any atom is -0.496 e. The lowest BCUT2D eigenvalue weighted by Crippen LogP contribution is -2.23. The van der Waals surface area contributed by atoms with Crippen molar-refractivity contribution < 1.29 is 9.53 Å². The van der Waals surface area contributed by atoms with Gasteiger partial charge in [0.2, 0.25) is 5.91 Å². The number of halogens is 1. The summed E-state index contributed by atoms with van der Waals surface area (Å²) < 4.78 is 5.99. The molecular formula is C14H19BrN2O2. The molecule has 0 spiro atoms. The van der Waals surface area contributed by atoms with Crippen LogP contribution in [0.4, 0.5) is 5.69 Å². The number of hydrogen-bond acceptors (Lipinski definition) is 3. The van der Waals surface area contributed by atoms with Gasteiger partial charge in [-0.15, -0.1) is 0 Å². The van der Waals surface area contributed by atoms with Crippen LogP contribution in [0.1, 0.15) is 25.7 Å². The van der Waals surface area contributed by atoms with Crippen LogP contribution < -0.4 is 15.4 Å². The second-order valence-electron chi connectivity index (χ2n) is 4.73. The molecule has 1 aromatic rings. The summed E-state index contributed by atoms with van der Waals surface area (Å²) in [7, 11) is 1.62. The SMILES string of the molecule is COc1ccc(NC(=O)CCC2CCCN2)cc1Br. The fraction of sp³-hybridized carbons (Fsp3) is 0.500. The summed E-state index contributed by atoms with van der Waals surface area (Å²) in [5.74, 6) is 0.818. The molecule has 0 aromatic heterocycles. The summed E-state index contributed by atoms with van der Waals surface area (Å²) in [5.41, 5.74) is 0.789. The van der Waals surface area contributed by atoms with Crippen LogP contribution in [0.25, 0.3) is 0 Å². The van der Waals surface area contributed by atoms with Crippen molar-refractivity contribution >= 4 is 27.5 Å². The largest absolute Gasteiger partial charge is 0.496 e. The quantitative estimate of drug-likeness (QED) is 0.874. The fourth-order valence-corrected chi connectivity index (χ4v) is 2.82. The van der Waals surface area contributed by atoms with Crippen LogP contribution in [0.15, 0.2) is 22.7 Å². The molecule has 104 valence electrons. The number of carbonyl (C=O) groups is 1. The monoisotopic (exact) mass is 326 g/mol. The predicted octanol–water partition coefficient (Wildman–Crippen LogP) is 2.93. The lowest BCUT2D eigenvalue weighted by Gasteiger charge is -2.11. The Morgan fingerprint density at radius 2 is 2.42 bits per heavy atom. The second kappa shape index (κ2) is 6.91. The average Bonchev–Trinajstić information content (AvgIpc) is 2.90. The topological polar surface area (TPSA) is 50.4 Å². The van der Waals surface area contributed by atoms with Gasteiger partial charge in [-0.3, -0.25) is 4.79 Å². The molecule has 1 saturated heterocycles. The van der Waals surface area contributed by atoms with Gasteiger partial charge in [-0.05, 0) is 59.9 Å². The maximum absolute atomic E-state index is 11.8. The summed E-state index contributed by atoms with van der Waals surface area (Å²) in [6.07, 6.45) is 3.86. The van der Waals surface area contributed by atoms with E-state index in [1.165, 1.54) is 12.8 Å². The normalized spacial score (nSPS) is 18.3. The minimum absolute atomic E-state index is 0.0609. The van der Waals surface area contributed by atoms with E-state index in [1.807, 2.05) is 18.2 Å². The molecule has 1 aliphatic heterocycles. The number of benzene rings is 1. The Balaban J connectivity index is 1.82. The van der Waals surface area contributed by atoms with E-state index >= 15 is 0 Å². The zero-order valence-corrected chi connectivity index (χ0v) is 12.6. The van der Waals surface area contributed by atoms with Gasteiger partial charge in [0.1, 0.15) is 5.75 Å². The van der Waals surface area contributed by atoms with Crippen molar-refractivity contribution in [1.29, 1.82) is 0 Å². The highest BCUT2D eigenvalue weighted by Crippen LogP contribution is 2.27. The highest BCUT2D eigenvalue weighted by atomic mass is 79.9. The Labute approximate surface area is 122 Å². The van der Waals surface area contributed by atoms with E-state index < -0.39 is 0 Å². The molecule has 0 aliphatic carbocycles. The fourth-order valence-electron chi connectivity index (χ4n) is 2.28. The zero-order chi connectivity index (χ0) is 13.7. The number of amides is 1. The zero-order valence-electron chi connectivity index (χ0n) is 11.0. The van der Waals surface area contributed by atoms with Gasteiger partial charge in [-0.1, -0.05) is 0 Å². The standard InChI is InChI=1S/C14H19BrN2O2/c1-19-13-6-4-11(9-12(13)15)17-14(18)7-5-10-3-2-8-16-10/h4,6,9-10,16H,2-3,5,7-8H2,1H3,(H,17,18). The highest BCUT2D eigenvalue weighted by Gasteiger charge is 2.15. The lowest BCUT2D eigenvalue weighted by molar-refractivity contribution is -0.116. The van der Waals surface area contributed by atoms with Gasteiger partial charge in [0.25, 0.3) is 0 Å². The number of hydrogen-bond donors (Lipinski definition) is 2. The third-order valence-corrected chi connectivity index (χ3v) is 3.94. The first-order valence-electron chi connectivity index (χ1n) is 6.56. The van der Waals surface area contributed by atoms with E-state index in [0.29, 0.717) is 12.5 Å². The van der Waals surface area contributed by atoms with Gasteiger partial charge < -0.3 is 15.4 Å². The van der Waals surface area contributed by atoms with Gasteiger partial charge in [0.15, 0.2) is 0 Å².